The Bertz CT molecular complexity index is 1590. The summed E-state index contributed by atoms with van der Waals surface area (Å²) in [4.78, 5) is 63.2. The number of carboxylic acid groups (broad SMARTS) is 1. The second kappa shape index (κ2) is 17.0. The fourth-order valence-corrected chi connectivity index (χ4v) is 5.59. The molecular formula is C31H39F3N8O6S. The number of nitrogens with one attached hydrogen (secondary N) is 3. The van der Waals surface area contributed by atoms with Gasteiger partial charge in [0.25, 0.3) is 0 Å². The maximum absolute atomic E-state index is 14.0. The molecule has 4 rings (SSSR count). The molecule has 0 unspecified atom stereocenters. The minimum absolute atomic E-state index is 0.171. The van der Waals surface area contributed by atoms with E-state index in [9.17, 15) is 32.3 Å². The molecule has 0 saturated carbocycles. The third kappa shape index (κ3) is 10.6. The van der Waals surface area contributed by atoms with Crippen LogP contribution in [0, 0.1) is 5.92 Å². The van der Waals surface area contributed by atoms with E-state index in [1.165, 1.54) is 4.90 Å². The highest BCUT2D eigenvalue weighted by molar-refractivity contribution is 7.08. The summed E-state index contributed by atoms with van der Waals surface area (Å²) in [7, 11) is 1.66. The van der Waals surface area contributed by atoms with E-state index in [0.29, 0.717) is 5.69 Å². The molecule has 6 N–H and O–H groups in total. The average molecular weight is 709 g/mol. The molecule has 266 valence electrons. The molecule has 0 radical (unpaired) electrons. The molecule has 0 aliphatic carbocycles. The number of benzene rings is 1. The summed E-state index contributed by atoms with van der Waals surface area (Å²) in [6.07, 6.45) is -2.83. The van der Waals surface area contributed by atoms with Crippen molar-refractivity contribution in [1.82, 2.24) is 35.8 Å². The van der Waals surface area contributed by atoms with Crippen LogP contribution in [0.15, 0.2) is 53.4 Å². The van der Waals surface area contributed by atoms with Crippen molar-refractivity contribution in [1.29, 1.82) is 0 Å². The maximum atomic E-state index is 14.0. The number of hydrogen-bond donors (Lipinski definition) is 5. The van der Waals surface area contributed by atoms with E-state index in [-0.39, 0.29) is 43.2 Å². The number of carbonyl (C=O) groups excluding carboxylic acids is 4. The Morgan fingerprint density at radius 1 is 1.08 bits per heavy atom. The van der Waals surface area contributed by atoms with Crippen LogP contribution in [0.5, 0.6) is 0 Å². The van der Waals surface area contributed by atoms with Crippen LogP contribution < -0.4 is 21.7 Å². The topological polar surface area (TPSA) is 202 Å². The molecule has 1 aliphatic rings. The number of thiophene rings is 1. The molecule has 1 aromatic carbocycles. The SMILES string of the molecule is CN[C@@H](C)C(=O)N[C@H](C(=O)N1C[C@@H](n2cc(-c3ccsc3)nn2)C[C@H]1C(=O)N[C@@H](Cc1ccccc1)C(N)=O)C(C)C.O=C(O)C(F)(F)F. The number of amides is 4. The zero-order valence-corrected chi connectivity index (χ0v) is 28.0. The number of likely N-dealkylation sites (tertiary alicyclic amines) is 1. The van der Waals surface area contributed by atoms with Crippen molar-refractivity contribution < 1.29 is 42.3 Å². The predicted octanol–water partition coefficient (Wildman–Crippen LogP) is 1.74. The van der Waals surface area contributed by atoms with Crippen LogP contribution in [0.25, 0.3) is 11.3 Å². The third-order valence-electron chi connectivity index (χ3n) is 7.81. The van der Waals surface area contributed by atoms with E-state index in [1.807, 2.05) is 61.0 Å². The van der Waals surface area contributed by atoms with Crippen LogP contribution in [0.4, 0.5) is 13.2 Å². The molecule has 18 heteroatoms. The highest BCUT2D eigenvalue weighted by Gasteiger charge is 2.44. The van der Waals surface area contributed by atoms with Gasteiger partial charge in [-0.1, -0.05) is 49.4 Å². The molecule has 3 aromatic rings. The zero-order chi connectivity index (χ0) is 36.5. The summed E-state index contributed by atoms with van der Waals surface area (Å²) < 4.78 is 33.4. The number of alkyl halides is 3. The fourth-order valence-electron chi connectivity index (χ4n) is 4.94. The maximum Gasteiger partial charge on any atom is 0.490 e. The summed E-state index contributed by atoms with van der Waals surface area (Å²) in [5, 5.41) is 28.1. The highest BCUT2D eigenvalue weighted by Crippen LogP contribution is 2.30. The molecule has 3 heterocycles. The van der Waals surface area contributed by atoms with Crippen molar-refractivity contribution in [2.45, 2.75) is 70.0 Å². The first kappa shape index (κ1) is 38.6. The molecule has 0 bridgehead atoms. The van der Waals surface area contributed by atoms with Crippen LogP contribution in [0.2, 0.25) is 0 Å². The molecule has 1 aliphatic heterocycles. The number of hydrogen-bond acceptors (Lipinski definition) is 9. The average Bonchev–Trinajstić information content (AvgIpc) is 3.83. The van der Waals surface area contributed by atoms with Gasteiger partial charge in [-0.15, -0.1) is 5.10 Å². The number of carboxylic acids is 1. The van der Waals surface area contributed by atoms with Crippen LogP contribution in [-0.4, -0.2) is 98.5 Å². The number of halogens is 3. The quantitative estimate of drug-likeness (QED) is 0.186. The lowest BCUT2D eigenvalue weighted by molar-refractivity contribution is -0.192. The Labute approximate surface area is 284 Å². The van der Waals surface area contributed by atoms with E-state index in [0.717, 1.165) is 11.1 Å². The van der Waals surface area contributed by atoms with E-state index in [2.05, 4.69) is 26.3 Å². The van der Waals surface area contributed by atoms with Crippen LogP contribution in [0.1, 0.15) is 38.8 Å². The monoisotopic (exact) mass is 708 g/mol. The van der Waals surface area contributed by atoms with Gasteiger partial charge in [-0.25, -0.2) is 9.48 Å². The molecule has 2 aromatic heterocycles. The first-order chi connectivity index (χ1) is 23.0. The minimum atomic E-state index is -5.08. The number of primary amides is 1. The lowest BCUT2D eigenvalue weighted by Crippen LogP contribution is -2.58. The second-order valence-corrected chi connectivity index (χ2v) is 12.5. The first-order valence-corrected chi connectivity index (χ1v) is 16.1. The molecular weight excluding hydrogens is 669 g/mol. The fraction of sp³-hybridized carbons (Fsp3) is 0.452. The largest absolute Gasteiger partial charge is 0.490 e. The van der Waals surface area contributed by atoms with Gasteiger partial charge >= 0.3 is 12.1 Å². The van der Waals surface area contributed by atoms with E-state index < -0.39 is 48.1 Å². The Morgan fingerprint density at radius 3 is 2.27 bits per heavy atom. The summed E-state index contributed by atoms with van der Waals surface area (Å²) in [6.45, 7) is 5.54. The summed E-state index contributed by atoms with van der Waals surface area (Å²) in [5.74, 6) is -4.89. The number of rotatable bonds is 12. The van der Waals surface area contributed by atoms with Gasteiger partial charge in [-0.2, -0.15) is 24.5 Å². The normalized spacial score (nSPS) is 17.8. The van der Waals surface area contributed by atoms with Gasteiger partial charge in [-0.3, -0.25) is 19.2 Å². The summed E-state index contributed by atoms with van der Waals surface area (Å²) in [6, 6.07) is 7.56. The third-order valence-corrected chi connectivity index (χ3v) is 8.49. The Balaban J connectivity index is 0.000000838. The van der Waals surface area contributed by atoms with Gasteiger partial charge in [0, 0.05) is 30.3 Å². The highest BCUT2D eigenvalue weighted by atomic mass is 32.1. The van der Waals surface area contributed by atoms with Gasteiger partial charge in [0.15, 0.2) is 0 Å². The van der Waals surface area contributed by atoms with E-state index in [4.69, 9.17) is 15.6 Å². The number of nitrogens with zero attached hydrogens (tertiary/aromatic N) is 4. The molecule has 1 saturated heterocycles. The van der Waals surface area contributed by atoms with Crippen LogP contribution in [-0.2, 0) is 30.4 Å². The van der Waals surface area contributed by atoms with Crippen LogP contribution >= 0.6 is 11.3 Å². The van der Waals surface area contributed by atoms with Gasteiger partial charge in [0.1, 0.15) is 23.8 Å². The van der Waals surface area contributed by atoms with E-state index in [1.54, 1.807) is 36.2 Å². The molecule has 1 fully saturated rings. The van der Waals surface area contributed by atoms with Crippen molar-refractivity contribution in [3.05, 3.63) is 58.9 Å². The van der Waals surface area contributed by atoms with Crippen LogP contribution in [0.3, 0.4) is 0 Å². The molecule has 4 amide bonds. The van der Waals surface area contributed by atoms with Gasteiger partial charge in [-0.05, 0) is 36.9 Å². The Hall–Kier alpha value is -4.84. The van der Waals surface area contributed by atoms with Crippen molar-refractivity contribution in [3.63, 3.8) is 0 Å². The molecule has 49 heavy (non-hydrogen) atoms. The van der Waals surface area contributed by atoms with Crippen molar-refractivity contribution in [2.24, 2.45) is 11.7 Å². The molecule has 0 spiro atoms. The lowest BCUT2D eigenvalue weighted by Gasteiger charge is -2.31. The van der Waals surface area contributed by atoms with Gasteiger partial charge in [0.2, 0.25) is 23.6 Å². The minimum Gasteiger partial charge on any atom is -0.475 e. The first-order valence-electron chi connectivity index (χ1n) is 15.2. The zero-order valence-electron chi connectivity index (χ0n) is 27.2. The second-order valence-electron chi connectivity index (χ2n) is 11.7. The molecule has 14 nitrogen and oxygen atoms in total. The Kier molecular flexibility index (Phi) is 13.4. The Morgan fingerprint density at radius 2 is 1.73 bits per heavy atom. The smallest absolute Gasteiger partial charge is 0.475 e. The lowest BCUT2D eigenvalue weighted by atomic mass is 10.0. The van der Waals surface area contributed by atoms with Crippen molar-refractivity contribution in [2.75, 3.05) is 13.6 Å². The van der Waals surface area contributed by atoms with Crippen molar-refractivity contribution >= 4 is 40.9 Å². The van der Waals surface area contributed by atoms with Gasteiger partial charge in [0.05, 0.1) is 18.3 Å². The number of carbonyl (C=O) groups is 5. The number of aromatic nitrogens is 3. The summed E-state index contributed by atoms with van der Waals surface area (Å²) in [5.41, 5.74) is 8.12. The van der Waals surface area contributed by atoms with Gasteiger partial charge < -0.3 is 31.7 Å². The number of likely N-dealkylation sites (N-methyl/N-ethyl adjacent to an activating group) is 1. The standard InChI is InChI=1S/C29H38N8O4S.C2HF3O2/c1-17(2)25(33-27(39)18(3)31-4)29(41)36-14-21(37-15-23(34-35-37)20-10-11-42-16-20)13-24(36)28(40)32-22(26(30)38)12-19-8-6-5-7-9-19;3-2(4,5)1(6)7/h5-11,15-18,21-22,24-25,31H,12-14H2,1-4H3,(H2,30,38)(H,32,40)(H,33,39);(H,6,7)/t18-,21-,22-,24-,25-;/m0./s1. The predicted molar refractivity (Wildman–Crippen MR) is 173 cm³/mol. The van der Waals surface area contributed by atoms with E-state index >= 15 is 0 Å². The number of aliphatic carboxylic acids is 1. The summed E-state index contributed by atoms with van der Waals surface area (Å²) >= 11 is 1.55. The number of nitrogens with two attached hydrogens (primary N) is 1. The van der Waals surface area contributed by atoms with Crippen molar-refractivity contribution in [3.8, 4) is 11.3 Å². The molecule has 5 atom stereocenters.